The van der Waals surface area contributed by atoms with E-state index in [0.717, 1.165) is 18.9 Å². The average Bonchev–Trinajstić information content (AvgIpc) is 2.50. The van der Waals surface area contributed by atoms with Crippen LogP contribution in [0.15, 0.2) is 0 Å². The molecule has 2 heterocycles. The monoisotopic (exact) mass is 196 g/mol. The van der Waals surface area contributed by atoms with Crippen molar-refractivity contribution in [1.82, 2.24) is 9.80 Å². The molecule has 0 aromatic rings. The van der Waals surface area contributed by atoms with Crippen molar-refractivity contribution < 1.29 is 4.79 Å². The summed E-state index contributed by atoms with van der Waals surface area (Å²) in [4.78, 5) is 15.5. The maximum atomic E-state index is 10.5. The van der Waals surface area contributed by atoms with Crippen LogP contribution < -0.4 is 0 Å². The quantitative estimate of drug-likeness (QED) is 0.615. The van der Waals surface area contributed by atoms with Crippen LogP contribution in [0, 0.1) is 5.92 Å². The fourth-order valence-corrected chi connectivity index (χ4v) is 2.43. The Labute approximate surface area is 86.1 Å². The largest absolute Gasteiger partial charge is 0.303 e. The fraction of sp³-hybridized carbons (Fsp3) is 0.909. The van der Waals surface area contributed by atoms with Crippen LogP contribution in [0.5, 0.6) is 0 Å². The summed E-state index contributed by atoms with van der Waals surface area (Å²) in [6.07, 6.45) is 3.74. The molecule has 80 valence electrons. The highest BCUT2D eigenvalue weighted by Crippen LogP contribution is 2.20. The van der Waals surface area contributed by atoms with Gasteiger partial charge in [0.25, 0.3) is 0 Å². The SMILES string of the molecule is CC(C=O)CN1CCC(N2CCC2)C1. The first kappa shape index (κ1) is 10.1. The van der Waals surface area contributed by atoms with Crippen LogP contribution in [0.2, 0.25) is 0 Å². The highest BCUT2D eigenvalue weighted by molar-refractivity contribution is 5.53. The second-order valence-corrected chi connectivity index (χ2v) is 4.70. The lowest BCUT2D eigenvalue weighted by Crippen LogP contribution is -2.46. The summed E-state index contributed by atoms with van der Waals surface area (Å²) in [5.74, 6) is 0.199. The van der Waals surface area contributed by atoms with Crippen LogP contribution in [-0.2, 0) is 4.79 Å². The van der Waals surface area contributed by atoms with Gasteiger partial charge in [0, 0.05) is 25.0 Å². The Balaban J connectivity index is 1.73. The zero-order valence-corrected chi connectivity index (χ0v) is 8.98. The molecule has 0 spiro atoms. The van der Waals surface area contributed by atoms with Crippen LogP contribution in [0.1, 0.15) is 19.8 Å². The molecule has 2 rings (SSSR count). The number of aldehydes is 1. The summed E-state index contributed by atoms with van der Waals surface area (Å²) in [6, 6.07) is 0.780. The molecule has 0 N–H and O–H groups in total. The van der Waals surface area contributed by atoms with Gasteiger partial charge in [0.05, 0.1) is 0 Å². The lowest BCUT2D eigenvalue weighted by atomic mass is 10.1. The Morgan fingerprint density at radius 3 is 2.79 bits per heavy atom. The topological polar surface area (TPSA) is 23.6 Å². The minimum Gasteiger partial charge on any atom is -0.303 e. The van der Waals surface area contributed by atoms with Crippen molar-refractivity contribution in [2.75, 3.05) is 32.7 Å². The molecule has 14 heavy (non-hydrogen) atoms. The second-order valence-electron chi connectivity index (χ2n) is 4.70. The summed E-state index contributed by atoms with van der Waals surface area (Å²) in [6.45, 7) is 7.90. The van der Waals surface area contributed by atoms with Gasteiger partial charge >= 0.3 is 0 Å². The molecule has 2 aliphatic rings. The summed E-state index contributed by atoms with van der Waals surface area (Å²) in [7, 11) is 0. The van der Waals surface area contributed by atoms with Gasteiger partial charge in [0.1, 0.15) is 6.29 Å². The molecule has 0 aromatic carbocycles. The lowest BCUT2D eigenvalue weighted by molar-refractivity contribution is -0.111. The van der Waals surface area contributed by atoms with Crippen LogP contribution in [-0.4, -0.2) is 54.9 Å². The molecule has 0 radical (unpaired) electrons. The van der Waals surface area contributed by atoms with Crippen molar-refractivity contribution in [1.29, 1.82) is 0 Å². The number of rotatable bonds is 4. The van der Waals surface area contributed by atoms with E-state index < -0.39 is 0 Å². The predicted molar refractivity (Wildman–Crippen MR) is 56.3 cm³/mol. The Morgan fingerprint density at radius 1 is 1.43 bits per heavy atom. The van der Waals surface area contributed by atoms with E-state index in [4.69, 9.17) is 0 Å². The number of hydrogen-bond acceptors (Lipinski definition) is 3. The van der Waals surface area contributed by atoms with Gasteiger partial charge in [-0.05, 0) is 32.5 Å². The van der Waals surface area contributed by atoms with E-state index in [1.165, 1.54) is 39.0 Å². The number of carbonyl (C=O) groups is 1. The van der Waals surface area contributed by atoms with Gasteiger partial charge in [-0.1, -0.05) is 6.92 Å². The molecule has 3 heteroatoms. The van der Waals surface area contributed by atoms with Gasteiger partial charge in [-0.15, -0.1) is 0 Å². The third-order valence-corrected chi connectivity index (χ3v) is 3.43. The lowest BCUT2D eigenvalue weighted by Gasteiger charge is -2.36. The molecule has 0 saturated carbocycles. The first-order valence-electron chi connectivity index (χ1n) is 5.71. The molecule has 3 nitrogen and oxygen atoms in total. The highest BCUT2D eigenvalue weighted by atomic mass is 16.1. The van der Waals surface area contributed by atoms with Gasteiger partial charge in [0.15, 0.2) is 0 Å². The first-order chi connectivity index (χ1) is 6.79. The van der Waals surface area contributed by atoms with E-state index >= 15 is 0 Å². The van der Waals surface area contributed by atoms with Crippen molar-refractivity contribution in [2.24, 2.45) is 5.92 Å². The minimum atomic E-state index is 0.199. The van der Waals surface area contributed by atoms with E-state index in [2.05, 4.69) is 9.80 Å². The molecule has 0 aliphatic carbocycles. The van der Waals surface area contributed by atoms with E-state index in [9.17, 15) is 4.79 Å². The second kappa shape index (κ2) is 4.41. The highest BCUT2D eigenvalue weighted by Gasteiger charge is 2.30. The average molecular weight is 196 g/mol. The van der Waals surface area contributed by atoms with Crippen molar-refractivity contribution >= 4 is 6.29 Å². The Bertz CT molecular complexity index is 203. The number of hydrogen-bond donors (Lipinski definition) is 0. The van der Waals surface area contributed by atoms with Crippen LogP contribution in [0.4, 0.5) is 0 Å². The van der Waals surface area contributed by atoms with Crippen LogP contribution >= 0.6 is 0 Å². The first-order valence-corrected chi connectivity index (χ1v) is 5.71. The third-order valence-electron chi connectivity index (χ3n) is 3.43. The molecule has 2 fully saturated rings. The summed E-state index contributed by atoms with van der Waals surface area (Å²) < 4.78 is 0. The molecule has 0 aromatic heterocycles. The van der Waals surface area contributed by atoms with Crippen LogP contribution in [0.25, 0.3) is 0 Å². The van der Waals surface area contributed by atoms with Gasteiger partial charge < -0.3 is 9.69 Å². The van der Waals surface area contributed by atoms with Gasteiger partial charge in [-0.25, -0.2) is 0 Å². The van der Waals surface area contributed by atoms with Crippen LogP contribution in [0.3, 0.4) is 0 Å². The van der Waals surface area contributed by atoms with E-state index in [0.29, 0.717) is 0 Å². The maximum absolute atomic E-state index is 10.5. The molecule has 2 unspecified atom stereocenters. The summed E-state index contributed by atoms with van der Waals surface area (Å²) >= 11 is 0. The van der Waals surface area contributed by atoms with E-state index in [1.54, 1.807) is 0 Å². The molecule has 0 amide bonds. The minimum absolute atomic E-state index is 0.199. The zero-order chi connectivity index (χ0) is 9.97. The smallest absolute Gasteiger partial charge is 0.124 e. The number of likely N-dealkylation sites (tertiary alicyclic amines) is 2. The van der Waals surface area contributed by atoms with Crippen molar-refractivity contribution in [2.45, 2.75) is 25.8 Å². The molecular weight excluding hydrogens is 176 g/mol. The van der Waals surface area contributed by atoms with Crippen molar-refractivity contribution in [3.8, 4) is 0 Å². The summed E-state index contributed by atoms with van der Waals surface area (Å²) in [5, 5.41) is 0. The Kier molecular flexibility index (Phi) is 3.19. The molecule has 2 atom stereocenters. The Morgan fingerprint density at radius 2 is 2.21 bits per heavy atom. The van der Waals surface area contributed by atoms with E-state index in [-0.39, 0.29) is 5.92 Å². The molecule has 2 aliphatic heterocycles. The fourth-order valence-electron chi connectivity index (χ4n) is 2.43. The molecular formula is C11H20N2O. The van der Waals surface area contributed by atoms with Crippen molar-refractivity contribution in [3.63, 3.8) is 0 Å². The maximum Gasteiger partial charge on any atom is 0.124 e. The normalized spacial score (nSPS) is 31.4. The van der Waals surface area contributed by atoms with Gasteiger partial charge in [-0.2, -0.15) is 0 Å². The Hall–Kier alpha value is -0.410. The number of carbonyl (C=O) groups excluding carboxylic acids is 1. The third kappa shape index (κ3) is 2.15. The molecule has 2 saturated heterocycles. The zero-order valence-electron chi connectivity index (χ0n) is 8.98. The molecule has 0 bridgehead atoms. The predicted octanol–water partition coefficient (Wildman–Crippen LogP) is 0.601. The van der Waals surface area contributed by atoms with Gasteiger partial charge in [0.2, 0.25) is 0 Å². The van der Waals surface area contributed by atoms with E-state index in [1.807, 2.05) is 6.92 Å². The van der Waals surface area contributed by atoms with Gasteiger partial charge in [-0.3, -0.25) is 4.90 Å². The summed E-state index contributed by atoms with van der Waals surface area (Å²) in [5.41, 5.74) is 0. The number of nitrogens with zero attached hydrogens (tertiary/aromatic N) is 2. The standard InChI is InChI=1S/C11H20N2O/c1-10(9-14)7-12-6-3-11(8-12)13-4-2-5-13/h9-11H,2-8H2,1H3. The van der Waals surface area contributed by atoms with Crippen molar-refractivity contribution in [3.05, 3.63) is 0 Å².